The average molecular weight is 469 g/mol. The van der Waals surface area contributed by atoms with Crippen LogP contribution in [-0.2, 0) is 19.2 Å². The lowest BCUT2D eigenvalue weighted by atomic mass is 9.76. The first kappa shape index (κ1) is 25.0. The quantitative estimate of drug-likeness (QED) is 0.439. The van der Waals surface area contributed by atoms with Gasteiger partial charge in [-0.3, -0.25) is 19.2 Å². The predicted octanol–water partition coefficient (Wildman–Crippen LogP) is 4.83. The Morgan fingerprint density at radius 3 is 1.12 bits per heavy atom. The molecule has 0 unspecified atom stereocenters. The van der Waals surface area contributed by atoms with Crippen molar-refractivity contribution >= 4 is 23.9 Å². The van der Waals surface area contributed by atoms with Crippen LogP contribution in [0.5, 0.6) is 23.0 Å². The summed E-state index contributed by atoms with van der Waals surface area (Å²) in [6, 6.07) is 10.6. The van der Waals surface area contributed by atoms with Crippen molar-refractivity contribution in [1.29, 1.82) is 0 Å². The van der Waals surface area contributed by atoms with Crippen molar-refractivity contribution in [3.63, 3.8) is 0 Å². The van der Waals surface area contributed by atoms with Crippen LogP contribution in [0.1, 0.15) is 76.3 Å². The van der Waals surface area contributed by atoms with E-state index in [4.69, 9.17) is 18.9 Å². The molecule has 0 radical (unpaired) electrons. The third-order valence-corrected chi connectivity index (χ3v) is 5.62. The second-order valence-electron chi connectivity index (χ2n) is 8.34. The van der Waals surface area contributed by atoms with Gasteiger partial charge in [0.2, 0.25) is 0 Å². The van der Waals surface area contributed by atoms with Gasteiger partial charge in [0.1, 0.15) is 0 Å². The van der Waals surface area contributed by atoms with Gasteiger partial charge in [-0.1, -0.05) is 12.1 Å². The molecule has 0 spiro atoms. The molecule has 8 nitrogen and oxygen atoms in total. The summed E-state index contributed by atoms with van der Waals surface area (Å²) in [6.45, 7) is 5.18. The highest BCUT2D eigenvalue weighted by molar-refractivity contribution is 5.74. The van der Waals surface area contributed by atoms with Crippen molar-refractivity contribution in [3.8, 4) is 23.0 Å². The highest BCUT2D eigenvalue weighted by Crippen LogP contribution is 2.44. The fourth-order valence-corrected chi connectivity index (χ4v) is 4.26. The van der Waals surface area contributed by atoms with Crippen molar-refractivity contribution < 1.29 is 38.1 Å². The number of hydrogen-bond donors (Lipinski definition) is 0. The molecule has 0 aliphatic heterocycles. The summed E-state index contributed by atoms with van der Waals surface area (Å²) in [5.74, 6) is -0.565. The van der Waals surface area contributed by atoms with Gasteiger partial charge in [0.05, 0.1) is 0 Å². The Morgan fingerprint density at radius 1 is 0.529 bits per heavy atom. The molecular weight excluding hydrogens is 440 g/mol. The van der Waals surface area contributed by atoms with Crippen LogP contribution in [0.25, 0.3) is 0 Å². The molecule has 180 valence electrons. The second kappa shape index (κ2) is 11.0. The van der Waals surface area contributed by atoms with Crippen LogP contribution < -0.4 is 18.9 Å². The first-order valence-electron chi connectivity index (χ1n) is 11.1. The van der Waals surface area contributed by atoms with E-state index in [2.05, 4.69) is 0 Å². The van der Waals surface area contributed by atoms with Gasteiger partial charge in [-0.05, 0) is 72.9 Å². The summed E-state index contributed by atoms with van der Waals surface area (Å²) in [5, 5.41) is 0. The molecule has 1 saturated carbocycles. The van der Waals surface area contributed by atoms with Crippen LogP contribution >= 0.6 is 0 Å². The zero-order chi connectivity index (χ0) is 24.8. The summed E-state index contributed by atoms with van der Waals surface area (Å²) in [7, 11) is 0. The molecule has 8 heteroatoms. The minimum atomic E-state index is -0.491. The third kappa shape index (κ3) is 6.66. The fraction of sp³-hybridized carbons (Fsp3) is 0.385. The van der Waals surface area contributed by atoms with Gasteiger partial charge >= 0.3 is 23.9 Å². The van der Waals surface area contributed by atoms with Crippen molar-refractivity contribution in [3.05, 3.63) is 47.5 Å². The topological polar surface area (TPSA) is 105 Å². The Kier molecular flexibility index (Phi) is 8.04. The number of benzene rings is 2. The second-order valence-corrected chi connectivity index (χ2v) is 8.34. The molecule has 0 bridgehead atoms. The maximum Gasteiger partial charge on any atom is 0.308 e. The maximum atomic E-state index is 11.5. The minimum Gasteiger partial charge on any atom is -0.423 e. The van der Waals surface area contributed by atoms with E-state index in [0.29, 0.717) is 0 Å². The smallest absolute Gasteiger partial charge is 0.308 e. The lowest BCUT2D eigenvalue weighted by Crippen LogP contribution is -2.14. The number of ether oxygens (including phenoxy) is 4. The van der Waals surface area contributed by atoms with Crippen LogP contribution in [0.4, 0.5) is 0 Å². The molecule has 0 heterocycles. The van der Waals surface area contributed by atoms with Crippen LogP contribution in [0.15, 0.2) is 36.4 Å². The Bertz CT molecular complexity index is 1010. The Labute approximate surface area is 198 Å². The molecule has 1 aliphatic rings. The normalized spacial score (nSPS) is 17.4. The number of hydrogen-bond acceptors (Lipinski definition) is 8. The SMILES string of the molecule is CC(=O)Oc1ccc(C2CCC(c3ccc(OC(C)=O)c(OC(C)=O)c3)CC2)cc1OC(C)=O. The molecule has 2 aromatic rings. The summed E-state index contributed by atoms with van der Waals surface area (Å²) >= 11 is 0. The van der Waals surface area contributed by atoms with Crippen molar-refractivity contribution in [2.45, 2.75) is 65.2 Å². The Hall–Kier alpha value is -3.68. The molecule has 1 aliphatic carbocycles. The number of carbonyl (C=O) groups is 4. The zero-order valence-electron chi connectivity index (χ0n) is 19.7. The molecule has 0 atom stereocenters. The van der Waals surface area contributed by atoms with Crippen molar-refractivity contribution in [1.82, 2.24) is 0 Å². The van der Waals surface area contributed by atoms with Crippen LogP contribution in [0, 0.1) is 0 Å². The molecule has 0 amide bonds. The van der Waals surface area contributed by atoms with Gasteiger partial charge in [-0.25, -0.2) is 0 Å². The van der Waals surface area contributed by atoms with Gasteiger partial charge in [-0.2, -0.15) is 0 Å². The van der Waals surface area contributed by atoms with Crippen LogP contribution in [0.3, 0.4) is 0 Å². The van der Waals surface area contributed by atoms with Gasteiger partial charge in [0, 0.05) is 27.7 Å². The average Bonchev–Trinajstić information content (AvgIpc) is 2.75. The summed E-state index contributed by atoms with van der Waals surface area (Å²) in [6.07, 6.45) is 3.58. The van der Waals surface area contributed by atoms with E-state index in [0.717, 1.165) is 36.8 Å². The van der Waals surface area contributed by atoms with E-state index in [1.807, 2.05) is 12.1 Å². The summed E-state index contributed by atoms with van der Waals surface area (Å²) < 4.78 is 20.8. The summed E-state index contributed by atoms with van der Waals surface area (Å²) in [4.78, 5) is 45.7. The monoisotopic (exact) mass is 468 g/mol. The predicted molar refractivity (Wildman–Crippen MR) is 122 cm³/mol. The Balaban J connectivity index is 1.74. The standard InChI is InChI=1S/C26H28O8/c1-15(27)31-23-11-9-21(13-25(23)33-17(3)29)19-5-7-20(8-6-19)22-10-12-24(32-16(2)28)26(14-22)34-18(4)30/h9-14,19-20H,5-8H2,1-4H3. The van der Waals surface area contributed by atoms with Gasteiger partial charge in [-0.15, -0.1) is 0 Å². The largest absolute Gasteiger partial charge is 0.423 e. The lowest BCUT2D eigenvalue weighted by molar-refractivity contribution is -0.134. The van der Waals surface area contributed by atoms with Gasteiger partial charge in [0.15, 0.2) is 23.0 Å². The summed E-state index contributed by atoms with van der Waals surface area (Å²) in [5.41, 5.74) is 2.02. The minimum absolute atomic E-state index is 0.214. The number of esters is 4. The molecular formula is C26H28O8. The van der Waals surface area contributed by atoms with Crippen LogP contribution in [0.2, 0.25) is 0 Å². The van der Waals surface area contributed by atoms with E-state index >= 15 is 0 Å². The lowest BCUT2D eigenvalue weighted by Gasteiger charge is -2.29. The van der Waals surface area contributed by atoms with E-state index in [1.165, 1.54) is 27.7 Å². The maximum absolute atomic E-state index is 11.5. The third-order valence-electron chi connectivity index (χ3n) is 5.62. The number of carbonyl (C=O) groups excluding carboxylic acids is 4. The van der Waals surface area contributed by atoms with E-state index < -0.39 is 23.9 Å². The Morgan fingerprint density at radius 2 is 0.824 bits per heavy atom. The molecule has 1 fully saturated rings. The molecule has 2 aromatic carbocycles. The van der Waals surface area contributed by atoms with Gasteiger partial charge < -0.3 is 18.9 Å². The first-order valence-corrected chi connectivity index (χ1v) is 11.1. The highest BCUT2D eigenvalue weighted by atomic mass is 16.6. The molecule has 34 heavy (non-hydrogen) atoms. The van der Waals surface area contributed by atoms with Gasteiger partial charge in [0.25, 0.3) is 0 Å². The van der Waals surface area contributed by atoms with E-state index in [9.17, 15) is 19.2 Å². The van der Waals surface area contributed by atoms with Crippen molar-refractivity contribution in [2.75, 3.05) is 0 Å². The molecule has 3 rings (SSSR count). The van der Waals surface area contributed by atoms with Crippen molar-refractivity contribution in [2.24, 2.45) is 0 Å². The first-order chi connectivity index (χ1) is 16.1. The highest BCUT2D eigenvalue weighted by Gasteiger charge is 2.26. The molecule has 0 aromatic heterocycles. The molecule has 0 saturated heterocycles. The van der Waals surface area contributed by atoms with E-state index in [-0.39, 0.29) is 34.8 Å². The van der Waals surface area contributed by atoms with E-state index in [1.54, 1.807) is 24.3 Å². The van der Waals surface area contributed by atoms with Crippen LogP contribution in [-0.4, -0.2) is 23.9 Å². The number of rotatable bonds is 6. The fourth-order valence-electron chi connectivity index (χ4n) is 4.26. The molecule has 0 N–H and O–H groups in total. The zero-order valence-corrected chi connectivity index (χ0v) is 19.7.